The molecule has 3 rings (SSSR count). The quantitative estimate of drug-likeness (QED) is 0.683. The number of carbonyl (C=O) groups excluding carboxylic acids is 1. The molecule has 30 heavy (non-hydrogen) atoms. The summed E-state index contributed by atoms with van der Waals surface area (Å²) in [6.45, 7) is 5.10. The van der Waals surface area contributed by atoms with Crippen LogP contribution in [0.15, 0.2) is 53.4 Å². The maximum Gasteiger partial charge on any atom is 0.408 e. The highest BCUT2D eigenvalue weighted by molar-refractivity contribution is 7.92. The molecular weight excluding hydrogens is 447 g/mol. The Bertz CT molecular complexity index is 1030. The number of hydrogen-bond acceptors (Lipinski definition) is 5. The lowest BCUT2D eigenvalue weighted by Crippen LogP contribution is -2.49. The Morgan fingerprint density at radius 1 is 1.07 bits per heavy atom. The van der Waals surface area contributed by atoms with E-state index < -0.39 is 38.2 Å². The number of halogens is 2. The van der Waals surface area contributed by atoms with E-state index >= 15 is 0 Å². The van der Waals surface area contributed by atoms with E-state index in [1.54, 1.807) is 45.0 Å². The maximum absolute atomic E-state index is 13.5. The normalized spacial score (nSPS) is 23.7. The number of hydrogen-bond donors (Lipinski definition) is 2. The van der Waals surface area contributed by atoms with E-state index in [2.05, 4.69) is 5.32 Å². The van der Waals surface area contributed by atoms with E-state index in [0.29, 0.717) is 15.6 Å². The summed E-state index contributed by atoms with van der Waals surface area (Å²) in [6.07, 6.45) is -0.722. The largest absolute Gasteiger partial charge is 0.444 e. The smallest absolute Gasteiger partial charge is 0.408 e. The molecule has 9 heteroatoms. The fraction of sp³-hybridized carbons (Fsp3) is 0.381. The van der Waals surface area contributed by atoms with E-state index in [1.165, 1.54) is 24.3 Å². The summed E-state index contributed by atoms with van der Waals surface area (Å²) < 4.78 is 32.3. The van der Waals surface area contributed by atoms with Gasteiger partial charge in [-0.25, -0.2) is 13.2 Å². The van der Waals surface area contributed by atoms with E-state index in [-0.39, 0.29) is 11.4 Å². The van der Waals surface area contributed by atoms with Gasteiger partial charge in [-0.15, -0.1) is 0 Å². The minimum absolute atomic E-state index is 0.0863. The first kappa shape index (κ1) is 22.9. The molecule has 0 spiro atoms. The molecular formula is C21H24Cl2N2O4S. The van der Waals surface area contributed by atoms with E-state index in [4.69, 9.17) is 33.7 Å². The Labute approximate surface area is 186 Å². The second-order valence-electron chi connectivity index (χ2n) is 8.32. The van der Waals surface area contributed by atoms with Crippen LogP contribution in [0.5, 0.6) is 0 Å². The lowest BCUT2D eigenvalue weighted by atomic mass is 10.1. The van der Waals surface area contributed by atoms with E-state index in [9.17, 15) is 13.2 Å². The second kappa shape index (κ2) is 8.04. The van der Waals surface area contributed by atoms with Crippen LogP contribution in [0.2, 0.25) is 10.0 Å². The van der Waals surface area contributed by atoms with Crippen molar-refractivity contribution in [3.8, 4) is 0 Å². The molecule has 0 heterocycles. The van der Waals surface area contributed by atoms with Gasteiger partial charge >= 0.3 is 6.09 Å². The average Bonchev–Trinajstić information content (AvgIpc) is 3.30. The monoisotopic (exact) mass is 470 g/mol. The van der Waals surface area contributed by atoms with E-state index in [1.807, 2.05) is 0 Å². The van der Waals surface area contributed by atoms with Crippen LogP contribution >= 0.6 is 23.2 Å². The molecule has 3 N–H and O–H groups in total. The Kier molecular flexibility index (Phi) is 6.13. The summed E-state index contributed by atoms with van der Waals surface area (Å²) in [4.78, 5) is 12.6. The summed E-state index contributed by atoms with van der Waals surface area (Å²) in [5.41, 5.74) is 4.80. The van der Waals surface area contributed by atoms with Gasteiger partial charge in [0.1, 0.15) is 10.9 Å². The predicted octanol–water partition coefficient (Wildman–Crippen LogP) is 4.16. The average molecular weight is 471 g/mol. The molecule has 1 aliphatic rings. The number of nitrogens with one attached hydrogen (secondary N) is 1. The zero-order chi connectivity index (χ0) is 22.3. The Hall–Kier alpha value is -1.80. The molecule has 1 amide bonds. The van der Waals surface area contributed by atoms with Gasteiger partial charge in [0.2, 0.25) is 0 Å². The van der Waals surface area contributed by atoms with Crippen LogP contribution < -0.4 is 11.1 Å². The van der Waals surface area contributed by atoms with Crippen molar-refractivity contribution in [2.24, 2.45) is 5.73 Å². The Morgan fingerprint density at radius 2 is 1.57 bits per heavy atom. The van der Waals surface area contributed by atoms with Crippen molar-refractivity contribution in [2.75, 3.05) is 6.54 Å². The minimum Gasteiger partial charge on any atom is -0.444 e. The minimum atomic E-state index is -3.84. The fourth-order valence-electron chi connectivity index (χ4n) is 3.71. The lowest BCUT2D eigenvalue weighted by Gasteiger charge is -2.24. The van der Waals surface area contributed by atoms with Crippen molar-refractivity contribution in [1.29, 1.82) is 0 Å². The summed E-state index contributed by atoms with van der Waals surface area (Å²) in [5, 5.41) is 2.73. The van der Waals surface area contributed by atoms with Gasteiger partial charge in [-0.1, -0.05) is 35.3 Å². The zero-order valence-corrected chi connectivity index (χ0v) is 19.2. The van der Waals surface area contributed by atoms with Crippen LogP contribution in [-0.4, -0.2) is 37.4 Å². The summed E-state index contributed by atoms with van der Waals surface area (Å²) in [7, 11) is -3.84. The summed E-state index contributed by atoms with van der Waals surface area (Å²) >= 11 is 11.9. The van der Waals surface area contributed by atoms with Gasteiger partial charge in [0.05, 0.1) is 10.4 Å². The number of carbonyl (C=O) groups is 1. The van der Waals surface area contributed by atoms with Crippen molar-refractivity contribution in [3.05, 3.63) is 64.1 Å². The molecule has 162 valence electrons. The van der Waals surface area contributed by atoms with Crippen molar-refractivity contribution in [1.82, 2.24) is 5.32 Å². The number of ether oxygens (including phenoxy) is 1. The Morgan fingerprint density at radius 3 is 2.03 bits per heavy atom. The molecule has 0 aromatic heterocycles. The van der Waals surface area contributed by atoms with Crippen molar-refractivity contribution in [3.63, 3.8) is 0 Å². The third-order valence-corrected chi connectivity index (χ3v) is 7.83. The maximum atomic E-state index is 13.5. The number of alkyl carbamates (subject to hydrolysis) is 1. The second-order valence-corrected chi connectivity index (χ2v) is 11.3. The van der Waals surface area contributed by atoms with Crippen molar-refractivity contribution >= 4 is 39.1 Å². The number of sulfone groups is 1. The molecule has 0 bridgehead atoms. The van der Waals surface area contributed by atoms with Gasteiger partial charge < -0.3 is 15.8 Å². The summed E-state index contributed by atoms with van der Waals surface area (Å²) in [5.74, 6) is -0.562. The molecule has 0 radical (unpaired) electrons. The van der Waals surface area contributed by atoms with Gasteiger partial charge in [0.15, 0.2) is 9.84 Å². The third kappa shape index (κ3) is 4.44. The molecule has 2 aromatic carbocycles. The first-order valence-electron chi connectivity index (χ1n) is 9.37. The van der Waals surface area contributed by atoms with Crippen LogP contribution in [0.25, 0.3) is 0 Å². The van der Waals surface area contributed by atoms with Crippen LogP contribution in [0, 0.1) is 0 Å². The number of benzene rings is 2. The zero-order valence-electron chi connectivity index (χ0n) is 16.9. The molecule has 2 aromatic rings. The first-order chi connectivity index (χ1) is 13.9. The first-order valence-corrected chi connectivity index (χ1v) is 11.7. The molecule has 1 aliphatic carbocycles. The molecule has 0 aliphatic heterocycles. The highest BCUT2D eigenvalue weighted by Crippen LogP contribution is 2.57. The van der Waals surface area contributed by atoms with Gasteiger partial charge in [0.25, 0.3) is 0 Å². The van der Waals surface area contributed by atoms with Crippen LogP contribution in [0.4, 0.5) is 4.79 Å². The summed E-state index contributed by atoms with van der Waals surface area (Å²) in [6, 6.07) is 12.8. The van der Waals surface area contributed by atoms with Gasteiger partial charge in [-0.3, -0.25) is 0 Å². The van der Waals surface area contributed by atoms with Crippen molar-refractivity contribution < 1.29 is 17.9 Å². The highest BCUT2D eigenvalue weighted by atomic mass is 35.5. The third-order valence-electron chi connectivity index (χ3n) is 5.03. The topological polar surface area (TPSA) is 98.5 Å². The van der Waals surface area contributed by atoms with Crippen molar-refractivity contribution in [2.45, 2.75) is 48.0 Å². The lowest BCUT2D eigenvalue weighted by molar-refractivity contribution is 0.0497. The molecule has 0 saturated heterocycles. The molecule has 0 unspecified atom stereocenters. The van der Waals surface area contributed by atoms with Gasteiger partial charge in [0, 0.05) is 22.5 Å². The standard InChI is InChI=1S/C21H24Cl2N2O4S/c1-20(2,3)29-19(26)25-21(12-24)17(13-4-6-14(22)7-5-13)18(21)30(27,28)16-10-8-15(23)9-11-16/h4-11,17-18H,12,24H2,1-3H3,(H,25,26)/t17-,18+,21-/m1/s1. The Balaban J connectivity index is 2.03. The predicted molar refractivity (Wildman–Crippen MR) is 118 cm³/mol. The van der Waals surface area contributed by atoms with Crippen LogP contribution in [0.3, 0.4) is 0 Å². The van der Waals surface area contributed by atoms with E-state index in [0.717, 1.165) is 0 Å². The molecule has 6 nitrogen and oxygen atoms in total. The number of nitrogens with two attached hydrogens (primary N) is 1. The highest BCUT2D eigenvalue weighted by Gasteiger charge is 2.71. The molecule has 1 fully saturated rings. The number of rotatable bonds is 5. The fourth-order valence-corrected chi connectivity index (χ4v) is 6.31. The SMILES string of the molecule is CC(C)(C)OC(=O)N[C@]1(CN)[C@H](c2ccc(Cl)cc2)[C@@H]1S(=O)(=O)c1ccc(Cl)cc1. The van der Waals surface area contributed by atoms with Crippen LogP contribution in [0.1, 0.15) is 32.3 Å². The molecule has 1 saturated carbocycles. The molecule has 3 atom stereocenters. The number of amides is 1. The van der Waals surface area contributed by atoms with Gasteiger partial charge in [-0.05, 0) is 62.7 Å². The van der Waals surface area contributed by atoms with Crippen LogP contribution in [-0.2, 0) is 14.6 Å². The van der Waals surface area contributed by atoms with Gasteiger partial charge in [-0.2, -0.15) is 0 Å².